The smallest absolute Gasteiger partial charge is 0.245 e. The summed E-state index contributed by atoms with van der Waals surface area (Å²) in [6.07, 6.45) is 3.42. The highest BCUT2D eigenvalue weighted by atomic mass is 16.2. The van der Waals surface area contributed by atoms with E-state index in [-0.39, 0.29) is 24.0 Å². The van der Waals surface area contributed by atoms with Gasteiger partial charge in [0.05, 0.1) is 11.6 Å². The summed E-state index contributed by atoms with van der Waals surface area (Å²) in [7, 11) is 1.86. The maximum atomic E-state index is 13.9. The third-order valence-electron chi connectivity index (χ3n) is 9.34. The zero-order chi connectivity index (χ0) is 36.7. The zero-order valence-electron chi connectivity index (χ0n) is 30.1. The van der Waals surface area contributed by atoms with Crippen LogP contribution in [0.2, 0.25) is 0 Å². The lowest BCUT2D eigenvalue weighted by Gasteiger charge is -2.39. The molecule has 2 aromatic carbocycles. The molecule has 0 bridgehead atoms. The lowest BCUT2D eigenvalue weighted by molar-refractivity contribution is -0.140. The predicted octanol–water partition coefficient (Wildman–Crippen LogP) is 1.60. The molecule has 4 atom stereocenters. The SMILES string of the molecule is CNCCCC[C@@H](NC(=O)[C@@H](CC(C)C)NC(=O)[C@@H](Cc1ccccc1)NC(=O)[C@H](N)Cc1ccccc1)C(=O)N1CCC(N)(C(C)=O)CC1. The van der Waals surface area contributed by atoms with Gasteiger partial charge in [-0.2, -0.15) is 0 Å². The number of nitrogens with one attached hydrogen (secondary N) is 4. The minimum atomic E-state index is -1.00. The monoisotopic (exact) mass is 691 g/mol. The van der Waals surface area contributed by atoms with E-state index in [1.54, 1.807) is 4.90 Å². The van der Waals surface area contributed by atoms with Crippen molar-refractivity contribution in [2.45, 2.75) is 102 Å². The van der Waals surface area contributed by atoms with E-state index in [0.29, 0.717) is 51.6 Å². The maximum absolute atomic E-state index is 13.9. The Morgan fingerprint density at radius 1 is 0.760 bits per heavy atom. The van der Waals surface area contributed by atoms with Gasteiger partial charge in [-0.3, -0.25) is 24.0 Å². The Balaban J connectivity index is 1.77. The van der Waals surface area contributed by atoms with Crippen molar-refractivity contribution in [1.29, 1.82) is 0 Å². The number of Topliss-reactive ketones (excluding diaryl/α,β-unsaturated/α-hetero) is 1. The minimum Gasteiger partial charge on any atom is -0.343 e. The van der Waals surface area contributed by atoms with Gasteiger partial charge in [0.2, 0.25) is 23.6 Å². The number of amides is 4. The Labute approximate surface area is 296 Å². The molecule has 1 heterocycles. The molecule has 8 N–H and O–H groups in total. The van der Waals surface area contributed by atoms with Crippen LogP contribution in [0.4, 0.5) is 0 Å². The van der Waals surface area contributed by atoms with Gasteiger partial charge in [-0.05, 0) is 82.5 Å². The number of carbonyl (C=O) groups is 5. The van der Waals surface area contributed by atoms with Crippen LogP contribution in [-0.2, 0) is 36.8 Å². The molecule has 0 saturated carbocycles. The summed E-state index contributed by atoms with van der Waals surface area (Å²) in [4.78, 5) is 68.7. The number of unbranched alkanes of at least 4 members (excludes halogenated alkanes) is 1. The fourth-order valence-corrected chi connectivity index (χ4v) is 6.15. The number of nitrogens with zero attached hydrogens (tertiary/aromatic N) is 1. The number of nitrogens with two attached hydrogens (primary N) is 2. The number of ketones is 1. The highest BCUT2D eigenvalue weighted by Gasteiger charge is 2.38. The number of hydrogen-bond donors (Lipinski definition) is 6. The van der Waals surface area contributed by atoms with Gasteiger partial charge in [-0.15, -0.1) is 0 Å². The van der Waals surface area contributed by atoms with Gasteiger partial charge in [0.25, 0.3) is 0 Å². The molecule has 50 heavy (non-hydrogen) atoms. The molecule has 0 radical (unpaired) electrons. The maximum Gasteiger partial charge on any atom is 0.245 e. The van der Waals surface area contributed by atoms with Crippen LogP contribution in [-0.4, -0.2) is 90.7 Å². The molecule has 0 aliphatic carbocycles. The van der Waals surface area contributed by atoms with E-state index in [4.69, 9.17) is 11.5 Å². The Morgan fingerprint density at radius 2 is 1.28 bits per heavy atom. The van der Waals surface area contributed by atoms with E-state index in [1.807, 2.05) is 81.6 Å². The number of carbonyl (C=O) groups excluding carboxylic acids is 5. The van der Waals surface area contributed by atoms with Crippen LogP contribution in [0.3, 0.4) is 0 Å². The minimum absolute atomic E-state index is 0.0311. The summed E-state index contributed by atoms with van der Waals surface area (Å²) in [6, 6.07) is 15.0. The molecule has 0 unspecified atom stereocenters. The number of hydrogen-bond acceptors (Lipinski definition) is 8. The highest BCUT2D eigenvalue weighted by Crippen LogP contribution is 2.22. The summed E-state index contributed by atoms with van der Waals surface area (Å²) in [5, 5.41) is 11.8. The van der Waals surface area contributed by atoms with Crippen LogP contribution < -0.4 is 32.7 Å². The second kappa shape index (κ2) is 19.9. The molecule has 12 nitrogen and oxygen atoms in total. The van der Waals surface area contributed by atoms with Crippen molar-refractivity contribution in [3.63, 3.8) is 0 Å². The van der Waals surface area contributed by atoms with Gasteiger partial charge >= 0.3 is 0 Å². The summed E-state index contributed by atoms with van der Waals surface area (Å²) >= 11 is 0. The van der Waals surface area contributed by atoms with E-state index in [9.17, 15) is 24.0 Å². The Morgan fingerprint density at radius 3 is 1.82 bits per heavy atom. The molecular formula is C38H57N7O5. The lowest BCUT2D eigenvalue weighted by atomic mass is 9.85. The van der Waals surface area contributed by atoms with Crippen molar-refractivity contribution >= 4 is 29.4 Å². The van der Waals surface area contributed by atoms with Gasteiger partial charge in [-0.25, -0.2) is 0 Å². The molecule has 1 aliphatic heterocycles. The number of rotatable bonds is 19. The van der Waals surface area contributed by atoms with Crippen molar-refractivity contribution in [1.82, 2.24) is 26.2 Å². The van der Waals surface area contributed by atoms with Gasteiger partial charge in [-0.1, -0.05) is 74.5 Å². The molecular weight excluding hydrogens is 634 g/mol. The molecule has 3 rings (SSSR count). The van der Waals surface area contributed by atoms with Crippen LogP contribution in [0, 0.1) is 5.92 Å². The van der Waals surface area contributed by atoms with Crippen LogP contribution in [0.15, 0.2) is 60.7 Å². The molecule has 1 saturated heterocycles. The fourth-order valence-electron chi connectivity index (χ4n) is 6.15. The van der Waals surface area contributed by atoms with E-state index in [2.05, 4.69) is 21.3 Å². The summed E-state index contributed by atoms with van der Waals surface area (Å²) in [5.74, 6) is -1.78. The van der Waals surface area contributed by atoms with E-state index < -0.39 is 47.4 Å². The van der Waals surface area contributed by atoms with Crippen LogP contribution in [0.25, 0.3) is 0 Å². The van der Waals surface area contributed by atoms with Gasteiger partial charge in [0, 0.05) is 19.5 Å². The third kappa shape index (κ3) is 12.6. The molecule has 274 valence electrons. The summed E-state index contributed by atoms with van der Waals surface area (Å²) in [6.45, 7) is 6.76. The van der Waals surface area contributed by atoms with E-state index in [0.717, 1.165) is 24.1 Å². The normalized spacial score (nSPS) is 16.5. The Bertz CT molecular complexity index is 1400. The standard InChI is InChI=1S/C38H57N7O5/c1-26(2)23-32(35(48)42-31(17-11-12-20-41-4)37(50)45-21-18-38(40,19-22-45)27(3)46)44-36(49)33(25-29-15-9-6-10-16-29)43-34(47)30(39)24-28-13-7-5-8-14-28/h5-10,13-16,26,30-33,41H,11-12,17-25,39-40H2,1-4H3,(H,42,48)(H,43,47)(H,44,49)/t30-,31-,32-,33-/m1/s1. The second-order valence-corrected chi connectivity index (χ2v) is 13.9. The average molecular weight is 692 g/mol. The van der Waals surface area contributed by atoms with Crippen molar-refractivity contribution in [3.8, 4) is 0 Å². The average Bonchev–Trinajstić information content (AvgIpc) is 3.09. The second-order valence-electron chi connectivity index (χ2n) is 13.9. The number of benzene rings is 2. The summed E-state index contributed by atoms with van der Waals surface area (Å²) < 4.78 is 0. The Kier molecular flexibility index (Phi) is 16.0. The lowest BCUT2D eigenvalue weighted by Crippen LogP contribution is -2.60. The molecule has 4 amide bonds. The molecule has 0 aromatic heterocycles. The van der Waals surface area contributed by atoms with Crippen molar-refractivity contribution in [3.05, 3.63) is 71.8 Å². The quantitative estimate of drug-likeness (QED) is 0.120. The third-order valence-corrected chi connectivity index (χ3v) is 9.34. The van der Waals surface area contributed by atoms with Crippen LogP contribution in [0.5, 0.6) is 0 Å². The van der Waals surface area contributed by atoms with Gasteiger partial charge in [0.15, 0.2) is 0 Å². The first kappa shape index (κ1) is 40.3. The first-order valence-electron chi connectivity index (χ1n) is 17.8. The molecule has 2 aromatic rings. The van der Waals surface area contributed by atoms with Crippen molar-refractivity contribution in [2.24, 2.45) is 17.4 Å². The highest BCUT2D eigenvalue weighted by molar-refractivity contribution is 5.95. The topological polar surface area (TPSA) is 189 Å². The van der Waals surface area contributed by atoms with Gasteiger partial charge < -0.3 is 37.6 Å². The first-order valence-corrected chi connectivity index (χ1v) is 17.8. The van der Waals surface area contributed by atoms with Gasteiger partial charge in [0.1, 0.15) is 23.9 Å². The van der Waals surface area contributed by atoms with Crippen molar-refractivity contribution < 1.29 is 24.0 Å². The van der Waals surface area contributed by atoms with E-state index in [1.165, 1.54) is 6.92 Å². The molecule has 0 spiro atoms. The summed E-state index contributed by atoms with van der Waals surface area (Å²) in [5.41, 5.74) is 13.3. The number of piperidine rings is 1. The van der Waals surface area contributed by atoms with E-state index >= 15 is 0 Å². The molecule has 1 fully saturated rings. The van der Waals surface area contributed by atoms with Crippen molar-refractivity contribution in [2.75, 3.05) is 26.7 Å². The van der Waals surface area contributed by atoms with Crippen LogP contribution in [0.1, 0.15) is 70.4 Å². The zero-order valence-corrected chi connectivity index (χ0v) is 30.1. The van der Waals surface area contributed by atoms with Crippen LogP contribution >= 0.6 is 0 Å². The fraction of sp³-hybridized carbons (Fsp3) is 0.553. The Hall–Kier alpha value is -4.13. The predicted molar refractivity (Wildman–Crippen MR) is 195 cm³/mol. The number of likely N-dealkylation sites (tertiary alicyclic amines) is 1. The first-order chi connectivity index (χ1) is 23.8. The largest absolute Gasteiger partial charge is 0.343 e. The molecule has 12 heteroatoms. The molecule has 1 aliphatic rings.